The smallest absolute Gasteiger partial charge is 0.256 e. The molecule has 0 aliphatic heterocycles. The summed E-state index contributed by atoms with van der Waals surface area (Å²) in [5.74, 6) is 0.824. The van der Waals surface area contributed by atoms with E-state index in [9.17, 15) is 4.79 Å². The van der Waals surface area contributed by atoms with Gasteiger partial charge >= 0.3 is 0 Å². The molecule has 1 aliphatic rings. The Morgan fingerprint density at radius 1 is 1.25 bits per heavy atom. The van der Waals surface area contributed by atoms with Crippen LogP contribution in [0.25, 0.3) is 0 Å². The lowest BCUT2D eigenvalue weighted by Crippen LogP contribution is -2.48. The molecule has 0 aromatic rings. The molecule has 1 saturated carbocycles. The Morgan fingerprint density at radius 3 is 2.36 bits per heavy atom. The number of methoxy groups -OCH3 is 1. The summed E-state index contributed by atoms with van der Waals surface area (Å²) in [6, 6.07) is 0.181. The van der Waals surface area contributed by atoms with Crippen molar-refractivity contribution in [2.45, 2.75) is 65.3 Å². The summed E-state index contributed by atoms with van der Waals surface area (Å²) in [4.78, 5) is 12.6. The second-order valence-electron chi connectivity index (χ2n) is 8.02. The molecule has 28 heavy (non-hydrogen) atoms. The molecule has 0 bridgehead atoms. The largest absolute Gasteiger partial charge is 0.402 e. The molecule has 1 aliphatic carbocycles. The van der Waals surface area contributed by atoms with Crippen molar-refractivity contribution in [1.29, 1.82) is 0 Å². The highest BCUT2D eigenvalue weighted by atomic mass is 16.5. The van der Waals surface area contributed by atoms with Crippen molar-refractivity contribution < 1.29 is 9.53 Å². The zero-order valence-electron chi connectivity index (χ0n) is 18.0. The minimum Gasteiger partial charge on any atom is -0.402 e. The standard InChI is InChI=1S/C20H40N6O2/c1-6-16(24-10-12(2)3)17(28-5)11-25-19(23)15(9-13(4)21)20(27)26-18(22)14-7-8-14/h9,12,14,16-18,24-25H,6-8,10-11,21-23H2,1-5H3,(H,26,27)/b13-9-,19-15-/t16-,17+,18?/m1/s1. The van der Waals surface area contributed by atoms with Crippen molar-refractivity contribution in [3.8, 4) is 0 Å². The van der Waals surface area contributed by atoms with Gasteiger partial charge in [-0.2, -0.15) is 0 Å². The van der Waals surface area contributed by atoms with E-state index in [4.69, 9.17) is 21.9 Å². The summed E-state index contributed by atoms with van der Waals surface area (Å²) in [6.07, 6.45) is 4.10. The molecule has 1 rings (SSSR count). The van der Waals surface area contributed by atoms with E-state index in [1.807, 2.05) is 0 Å². The molecule has 3 atom stereocenters. The monoisotopic (exact) mass is 396 g/mol. The van der Waals surface area contributed by atoms with Gasteiger partial charge in [0.25, 0.3) is 5.91 Å². The van der Waals surface area contributed by atoms with E-state index < -0.39 is 0 Å². The third-order valence-corrected chi connectivity index (χ3v) is 4.81. The van der Waals surface area contributed by atoms with Crippen LogP contribution in [0, 0.1) is 11.8 Å². The Hall–Kier alpha value is -1.77. The van der Waals surface area contributed by atoms with Gasteiger partial charge in [0.15, 0.2) is 0 Å². The Labute approximate surface area is 169 Å². The maximum Gasteiger partial charge on any atom is 0.256 e. The molecule has 9 N–H and O–H groups in total. The first-order valence-corrected chi connectivity index (χ1v) is 10.2. The second-order valence-corrected chi connectivity index (χ2v) is 8.02. The van der Waals surface area contributed by atoms with E-state index in [1.165, 1.54) is 0 Å². The van der Waals surface area contributed by atoms with Crippen molar-refractivity contribution in [1.82, 2.24) is 16.0 Å². The predicted molar refractivity (Wildman–Crippen MR) is 114 cm³/mol. The van der Waals surface area contributed by atoms with Crippen molar-refractivity contribution >= 4 is 5.91 Å². The first kappa shape index (κ1) is 24.3. The van der Waals surface area contributed by atoms with Gasteiger partial charge in [0.05, 0.1) is 17.8 Å². The van der Waals surface area contributed by atoms with Gasteiger partial charge in [0.1, 0.15) is 5.82 Å². The number of carbonyl (C=O) groups excluding carboxylic acids is 1. The number of hydrogen-bond acceptors (Lipinski definition) is 7. The van der Waals surface area contributed by atoms with Crippen molar-refractivity contribution in [3.63, 3.8) is 0 Å². The van der Waals surface area contributed by atoms with Crippen molar-refractivity contribution in [2.75, 3.05) is 20.2 Å². The summed E-state index contributed by atoms with van der Waals surface area (Å²) in [7, 11) is 1.68. The van der Waals surface area contributed by atoms with Gasteiger partial charge in [-0.05, 0) is 50.6 Å². The Kier molecular flexibility index (Phi) is 10.3. The lowest BCUT2D eigenvalue weighted by Gasteiger charge is -2.28. The van der Waals surface area contributed by atoms with E-state index in [0.29, 0.717) is 24.1 Å². The van der Waals surface area contributed by atoms with Gasteiger partial charge in [-0.1, -0.05) is 20.8 Å². The topological polar surface area (TPSA) is 140 Å². The van der Waals surface area contributed by atoms with Crippen LogP contribution in [0.2, 0.25) is 0 Å². The van der Waals surface area contributed by atoms with Crippen LogP contribution in [0.1, 0.15) is 47.0 Å². The fourth-order valence-corrected chi connectivity index (χ4v) is 2.92. The van der Waals surface area contributed by atoms with Crippen LogP contribution in [-0.2, 0) is 9.53 Å². The fourth-order valence-electron chi connectivity index (χ4n) is 2.92. The van der Waals surface area contributed by atoms with Crippen LogP contribution in [0.5, 0.6) is 0 Å². The van der Waals surface area contributed by atoms with Crippen LogP contribution >= 0.6 is 0 Å². The van der Waals surface area contributed by atoms with Crippen LogP contribution in [0.4, 0.5) is 0 Å². The molecule has 0 aromatic heterocycles. The summed E-state index contributed by atoms with van der Waals surface area (Å²) in [6.45, 7) is 9.53. The molecule has 0 saturated heterocycles. The maximum atomic E-state index is 12.6. The third-order valence-electron chi connectivity index (χ3n) is 4.81. The SMILES string of the molecule is CC[C@@H](NCC(C)C)[C@H](CN/C(N)=C(/C=C(/C)N)C(=O)NC(N)C1CC1)OC. The second kappa shape index (κ2) is 11.9. The summed E-state index contributed by atoms with van der Waals surface area (Å²) < 4.78 is 5.65. The first-order valence-electron chi connectivity index (χ1n) is 10.2. The highest BCUT2D eigenvalue weighted by molar-refractivity contribution is 5.97. The lowest BCUT2D eigenvalue weighted by molar-refractivity contribution is -0.118. The molecular formula is C20H40N6O2. The molecule has 1 amide bonds. The third kappa shape index (κ3) is 8.50. The molecule has 0 heterocycles. The Balaban J connectivity index is 2.81. The highest BCUT2D eigenvalue weighted by Gasteiger charge is 2.30. The number of amides is 1. The average molecular weight is 397 g/mol. The highest BCUT2D eigenvalue weighted by Crippen LogP contribution is 2.30. The molecule has 8 heteroatoms. The summed E-state index contributed by atoms with van der Waals surface area (Å²) in [5, 5.41) is 9.47. The van der Waals surface area contributed by atoms with Crippen LogP contribution in [0.3, 0.4) is 0 Å². The van der Waals surface area contributed by atoms with Crippen LogP contribution in [-0.4, -0.2) is 44.4 Å². The van der Waals surface area contributed by atoms with Crippen LogP contribution < -0.4 is 33.2 Å². The quantitative estimate of drug-likeness (QED) is 0.151. The van der Waals surface area contributed by atoms with Gasteiger partial charge < -0.3 is 37.9 Å². The molecule has 1 fully saturated rings. The Bertz CT molecular complexity index is 553. The normalized spacial score (nSPS) is 19.0. The van der Waals surface area contributed by atoms with E-state index >= 15 is 0 Å². The van der Waals surface area contributed by atoms with E-state index in [2.05, 4.69) is 36.7 Å². The van der Waals surface area contributed by atoms with Crippen molar-refractivity contribution in [2.24, 2.45) is 29.0 Å². The number of allylic oxidation sites excluding steroid dienone is 1. The molecule has 162 valence electrons. The van der Waals surface area contributed by atoms with Gasteiger partial charge in [0.2, 0.25) is 0 Å². The van der Waals surface area contributed by atoms with Crippen LogP contribution in [0.15, 0.2) is 23.2 Å². The van der Waals surface area contributed by atoms with Gasteiger partial charge in [-0.25, -0.2) is 0 Å². The average Bonchev–Trinajstić information content (AvgIpc) is 3.46. The molecule has 0 spiro atoms. The van der Waals surface area contributed by atoms with Gasteiger partial charge in [-0.3, -0.25) is 4.79 Å². The van der Waals surface area contributed by atoms with Crippen molar-refractivity contribution in [3.05, 3.63) is 23.2 Å². The van der Waals surface area contributed by atoms with E-state index in [0.717, 1.165) is 25.8 Å². The molecule has 0 aromatic carbocycles. The lowest BCUT2D eigenvalue weighted by atomic mass is 10.1. The zero-order chi connectivity index (χ0) is 21.3. The summed E-state index contributed by atoms with van der Waals surface area (Å²) in [5.41, 5.74) is 18.8. The van der Waals surface area contributed by atoms with E-state index in [-0.39, 0.29) is 35.6 Å². The number of hydrogen-bond donors (Lipinski definition) is 6. The zero-order valence-corrected chi connectivity index (χ0v) is 18.0. The summed E-state index contributed by atoms with van der Waals surface area (Å²) >= 11 is 0. The number of ether oxygens (including phenoxy) is 1. The Morgan fingerprint density at radius 2 is 1.89 bits per heavy atom. The number of rotatable bonds is 13. The fraction of sp³-hybridized carbons (Fsp3) is 0.750. The molecule has 0 radical (unpaired) electrons. The molecule has 1 unspecified atom stereocenters. The minimum atomic E-state index is -0.363. The predicted octanol–water partition coefficient (Wildman–Crippen LogP) is 0.459. The number of carbonyl (C=O) groups is 1. The van der Waals surface area contributed by atoms with Gasteiger partial charge in [-0.15, -0.1) is 0 Å². The first-order chi connectivity index (χ1) is 13.2. The number of nitrogens with two attached hydrogens (primary N) is 3. The molecular weight excluding hydrogens is 356 g/mol. The minimum absolute atomic E-state index is 0.0942. The maximum absolute atomic E-state index is 12.6. The number of nitrogens with one attached hydrogen (secondary N) is 3. The molecule has 8 nitrogen and oxygen atoms in total. The van der Waals surface area contributed by atoms with Gasteiger partial charge in [0, 0.05) is 25.4 Å². The van der Waals surface area contributed by atoms with E-state index in [1.54, 1.807) is 20.1 Å².